The van der Waals surface area contributed by atoms with Crippen molar-refractivity contribution in [2.45, 2.75) is 45.3 Å². The van der Waals surface area contributed by atoms with Crippen LogP contribution in [0.3, 0.4) is 0 Å². The van der Waals surface area contributed by atoms with Crippen LogP contribution in [0, 0.1) is 5.92 Å². The van der Waals surface area contributed by atoms with Gasteiger partial charge in [0.25, 0.3) is 0 Å². The molecule has 1 aliphatic rings. The van der Waals surface area contributed by atoms with Crippen LogP contribution in [0.15, 0.2) is 0 Å². The molecular weight excluding hydrogens is 178 g/mol. The molecule has 0 aromatic carbocycles. The molecule has 2 N–H and O–H groups in total. The molecule has 14 heavy (non-hydrogen) atoms. The van der Waals surface area contributed by atoms with Crippen molar-refractivity contribution in [2.75, 3.05) is 19.8 Å². The summed E-state index contributed by atoms with van der Waals surface area (Å²) in [5, 5.41) is 13.5. The Hall–Kier alpha value is -0.120. The fourth-order valence-electron chi connectivity index (χ4n) is 1.66. The van der Waals surface area contributed by atoms with Crippen LogP contribution >= 0.6 is 0 Å². The van der Waals surface area contributed by atoms with Gasteiger partial charge in [-0.2, -0.15) is 0 Å². The predicted molar refractivity (Wildman–Crippen MR) is 57.3 cm³/mol. The third kappa shape index (κ3) is 3.23. The lowest BCUT2D eigenvalue weighted by Gasteiger charge is -2.31. The average Bonchev–Trinajstić information content (AvgIpc) is 2.66. The Morgan fingerprint density at radius 1 is 1.64 bits per heavy atom. The Labute approximate surface area is 86.8 Å². The molecule has 1 heterocycles. The average molecular weight is 201 g/mol. The van der Waals surface area contributed by atoms with Gasteiger partial charge in [-0.25, -0.2) is 0 Å². The second-order valence-electron chi connectivity index (χ2n) is 4.61. The highest BCUT2D eigenvalue weighted by Gasteiger charge is 2.28. The van der Waals surface area contributed by atoms with Gasteiger partial charge in [0.2, 0.25) is 0 Å². The Bertz CT molecular complexity index is 165. The fourth-order valence-corrected chi connectivity index (χ4v) is 1.66. The molecule has 0 aromatic rings. The number of nitrogens with one attached hydrogen (secondary N) is 1. The van der Waals surface area contributed by atoms with Crippen LogP contribution < -0.4 is 5.32 Å². The van der Waals surface area contributed by atoms with Gasteiger partial charge in [0.1, 0.15) is 0 Å². The molecule has 1 saturated heterocycles. The number of hydrogen-bond acceptors (Lipinski definition) is 3. The summed E-state index contributed by atoms with van der Waals surface area (Å²) >= 11 is 0. The Morgan fingerprint density at radius 3 is 2.86 bits per heavy atom. The maximum absolute atomic E-state index is 10.1. The van der Waals surface area contributed by atoms with Crippen LogP contribution in [-0.4, -0.2) is 36.5 Å². The molecule has 1 rings (SSSR count). The van der Waals surface area contributed by atoms with Crippen molar-refractivity contribution in [3.8, 4) is 0 Å². The highest BCUT2D eigenvalue weighted by atomic mass is 16.5. The zero-order chi connectivity index (χ0) is 10.6. The van der Waals surface area contributed by atoms with Crippen LogP contribution in [0.1, 0.15) is 33.6 Å². The summed E-state index contributed by atoms with van der Waals surface area (Å²) in [5.74, 6) is 0.331. The topological polar surface area (TPSA) is 41.5 Å². The van der Waals surface area contributed by atoms with E-state index < -0.39 is 5.60 Å². The van der Waals surface area contributed by atoms with E-state index in [1.165, 1.54) is 0 Å². The summed E-state index contributed by atoms with van der Waals surface area (Å²) < 4.78 is 5.26. The number of aliphatic hydroxyl groups is 1. The van der Waals surface area contributed by atoms with E-state index in [1.54, 1.807) is 0 Å². The van der Waals surface area contributed by atoms with Crippen molar-refractivity contribution in [3.63, 3.8) is 0 Å². The lowest BCUT2D eigenvalue weighted by Crippen LogP contribution is -2.46. The number of hydrogen-bond donors (Lipinski definition) is 2. The van der Waals surface area contributed by atoms with Crippen molar-refractivity contribution in [1.82, 2.24) is 5.32 Å². The van der Waals surface area contributed by atoms with Gasteiger partial charge in [-0.15, -0.1) is 0 Å². The van der Waals surface area contributed by atoms with E-state index in [9.17, 15) is 5.11 Å². The monoisotopic (exact) mass is 201 g/mol. The first-order chi connectivity index (χ1) is 6.56. The Kier molecular flexibility index (Phi) is 4.35. The highest BCUT2D eigenvalue weighted by Crippen LogP contribution is 2.19. The minimum atomic E-state index is -0.600. The fraction of sp³-hybridized carbons (Fsp3) is 1.00. The number of ether oxygens (including phenoxy) is 1. The van der Waals surface area contributed by atoms with Crippen LogP contribution in [-0.2, 0) is 4.74 Å². The van der Waals surface area contributed by atoms with Gasteiger partial charge in [0, 0.05) is 19.2 Å². The van der Waals surface area contributed by atoms with Gasteiger partial charge in [-0.3, -0.25) is 0 Å². The molecule has 0 spiro atoms. The second kappa shape index (κ2) is 5.10. The molecule has 0 radical (unpaired) electrons. The molecule has 3 atom stereocenters. The summed E-state index contributed by atoms with van der Waals surface area (Å²) in [4.78, 5) is 0. The van der Waals surface area contributed by atoms with Crippen molar-refractivity contribution >= 4 is 0 Å². The van der Waals surface area contributed by atoms with Gasteiger partial charge in [0.05, 0.1) is 12.2 Å². The van der Waals surface area contributed by atoms with Gasteiger partial charge in [-0.1, -0.05) is 20.3 Å². The summed E-state index contributed by atoms with van der Waals surface area (Å²) in [7, 11) is 0. The van der Waals surface area contributed by atoms with Crippen LogP contribution in [0.5, 0.6) is 0 Å². The third-order valence-electron chi connectivity index (χ3n) is 3.35. The first kappa shape index (κ1) is 12.0. The highest BCUT2D eigenvalue weighted by molar-refractivity contribution is 4.83. The molecule has 3 unspecified atom stereocenters. The van der Waals surface area contributed by atoms with E-state index >= 15 is 0 Å². The maximum Gasteiger partial charge on any atom is 0.0768 e. The minimum absolute atomic E-state index is 0.331. The molecule has 0 saturated carbocycles. The summed E-state index contributed by atoms with van der Waals surface area (Å²) in [6, 6.07) is 0.436. The van der Waals surface area contributed by atoms with Gasteiger partial charge in [0.15, 0.2) is 0 Å². The smallest absolute Gasteiger partial charge is 0.0768 e. The molecule has 3 nitrogen and oxygen atoms in total. The molecular formula is C11H23NO2. The van der Waals surface area contributed by atoms with Gasteiger partial charge < -0.3 is 15.2 Å². The van der Waals surface area contributed by atoms with Crippen molar-refractivity contribution < 1.29 is 9.84 Å². The SMILES string of the molecule is CCC(C)C(C)(O)CNC1CCOC1. The summed E-state index contributed by atoms with van der Waals surface area (Å²) in [6.07, 6.45) is 2.08. The van der Waals surface area contributed by atoms with Gasteiger partial charge in [-0.05, 0) is 19.3 Å². The zero-order valence-electron chi connectivity index (χ0n) is 9.55. The molecule has 0 aromatic heterocycles. The summed E-state index contributed by atoms with van der Waals surface area (Å²) in [6.45, 7) is 8.41. The van der Waals surface area contributed by atoms with Crippen LogP contribution in [0.25, 0.3) is 0 Å². The van der Waals surface area contributed by atoms with Crippen LogP contribution in [0.2, 0.25) is 0 Å². The van der Waals surface area contributed by atoms with E-state index in [4.69, 9.17) is 4.74 Å². The molecule has 0 aliphatic carbocycles. The quantitative estimate of drug-likeness (QED) is 0.701. The lowest BCUT2D eigenvalue weighted by molar-refractivity contribution is 0.00306. The normalized spacial score (nSPS) is 28.7. The number of rotatable bonds is 5. The van der Waals surface area contributed by atoms with E-state index in [2.05, 4.69) is 19.2 Å². The third-order valence-corrected chi connectivity index (χ3v) is 3.35. The standard InChI is InChI=1S/C11H23NO2/c1-4-9(2)11(3,13)8-12-10-5-6-14-7-10/h9-10,12-13H,4-8H2,1-3H3. The van der Waals surface area contributed by atoms with Crippen molar-refractivity contribution in [2.24, 2.45) is 5.92 Å². The summed E-state index contributed by atoms with van der Waals surface area (Å²) in [5.41, 5.74) is -0.600. The molecule has 84 valence electrons. The Balaban J connectivity index is 2.27. The molecule has 3 heteroatoms. The van der Waals surface area contributed by atoms with Crippen molar-refractivity contribution in [1.29, 1.82) is 0 Å². The van der Waals surface area contributed by atoms with Gasteiger partial charge >= 0.3 is 0 Å². The van der Waals surface area contributed by atoms with Crippen LogP contribution in [0.4, 0.5) is 0 Å². The maximum atomic E-state index is 10.1. The van der Waals surface area contributed by atoms with Crippen molar-refractivity contribution in [3.05, 3.63) is 0 Å². The molecule has 1 fully saturated rings. The molecule has 0 bridgehead atoms. The van der Waals surface area contributed by atoms with E-state index in [-0.39, 0.29) is 0 Å². The second-order valence-corrected chi connectivity index (χ2v) is 4.61. The lowest BCUT2D eigenvalue weighted by atomic mass is 9.88. The predicted octanol–water partition coefficient (Wildman–Crippen LogP) is 1.16. The first-order valence-electron chi connectivity index (χ1n) is 5.59. The van der Waals surface area contributed by atoms with E-state index in [0.717, 1.165) is 26.1 Å². The molecule has 1 aliphatic heterocycles. The Morgan fingerprint density at radius 2 is 2.36 bits per heavy atom. The minimum Gasteiger partial charge on any atom is -0.389 e. The largest absolute Gasteiger partial charge is 0.389 e. The first-order valence-corrected chi connectivity index (χ1v) is 5.59. The molecule has 0 amide bonds. The zero-order valence-corrected chi connectivity index (χ0v) is 9.55. The van der Waals surface area contributed by atoms with E-state index in [0.29, 0.717) is 18.5 Å². The van der Waals surface area contributed by atoms with E-state index in [1.807, 2.05) is 6.92 Å².